The second-order valence-electron chi connectivity index (χ2n) is 6.34. The fraction of sp³-hybridized carbons (Fsp3) is 0.316. The molecule has 2 rings (SSSR count). The molecule has 8 heteroatoms. The van der Waals surface area contributed by atoms with E-state index >= 15 is 0 Å². The largest absolute Gasteiger partial charge is 0.495 e. The molecule has 0 radical (unpaired) electrons. The molecule has 144 valence electrons. The highest BCUT2D eigenvalue weighted by atomic mass is 19.1. The van der Waals surface area contributed by atoms with E-state index in [0.29, 0.717) is 5.75 Å². The van der Waals surface area contributed by atoms with Gasteiger partial charge in [-0.2, -0.15) is 0 Å². The highest BCUT2D eigenvalue weighted by Gasteiger charge is 2.18. The van der Waals surface area contributed by atoms with Gasteiger partial charge in [0.15, 0.2) is 0 Å². The Bertz CT molecular complexity index is 809. The number of halogens is 1. The van der Waals surface area contributed by atoms with Crippen molar-refractivity contribution < 1.29 is 18.8 Å². The zero-order valence-corrected chi connectivity index (χ0v) is 15.4. The van der Waals surface area contributed by atoms with Gasteiger partial charge in [-0.25, -0.2) is 4.39 Å². The number of ether oxygens (including phenoxy) is 1. The number of nitrogens with one attached hydrogen (secondary N) is 2. The third-order valence-electron chi connectivity index (χ3n) is 4.05. The summed E-state index contributed by atoms with van der Waals surface area (Å²) < 4.78 is 18.3. The topological polar surface area (TPSA) is 93.5 Å². The first-order chi connectivity index (χ1) is 12.8. The molecule has 0 saturated heterocycles. The Morgan fingerprint density at radius 1 is 1.22 bits per heavy atom. The molecule has 0 bridgehead atoms. The molecule has 0 fully saturated rings. The maximum Gasteiger partial charge on any atom is 0.271 e. The van der Waals surface area contributed by atoms with Crippen LogP contribution in [-0.4, -0.2) is 24.5 Å². The van der Waals surface area contributed by atoms with Crippen molar-refractivity contribution in [3.05, 3.63) is 64.0 Å². The number of carbonyl (C=O) groups excluding carboxylic acids is 1. The van der Waals surface area contributed by atoms with E-state index in [1.807, 2.05) is 13.8 Å². The van der Waals surface area contributed by atoms with Crippen molar-refractivity contribution >= 4 is 17.3 Å². The van der Waals surface area contributed by atoms with E-state index in [9.17, 15) is 19.3 Å². The molecule has 2 aromatic carbocycles. The van der Waals surface area contributed by atoms with Gasteiger partial charge in [0.25, 0.3) is 5.69 Å². The van der Waals surface area contributed by atoms with E-state index in [0.717, 1.165) is 5.56 Å². The number of rotatable bonds is 8. The van der Waals surface area contributed by atoms with E-state index in [1.54, 1.807) is 12.1 Å². The van der Waals surface area contributed by atoms with Crippen LogP contribution in [0, 0.1) is 21.8 Å². The Labute approximate surface area is 156 Å². The molecule has 0 unspecified atom stereocenters. The number of benzene rings is 2. The lowest BCUT2D eigenvalue weighted by Gasteiger charge is -2.23. The fourth-order valence-electron chi connectivity index (χ4n) is 2.71. The van der Waals surface area contributed by atoms with Crippen molar-refractivity contribution in [3.63, 3.8) is 0 Å². The number of hydrogen-bond acceptors (Lipinski definition) is 5. The van der Waals surface area contributed by atoms with Crippen molar-refractivity contribution in [1.29, 1.82) is 0 Å². The zero-order chi connectivity index (χ0) is 20.0. The normalized spacial score (nSPS) is 11.9. The van der Waals surface area contributed by atoms with E-state index < -0.39 is 4.92 Å². The molecule has 7 nitrogen and oxygen atoms in total. The van der Waals surface area contributed by atoms with Gasteiger partial charge >= 0.3 is 0 Å². The van der Waals surface area contributed by atoms with Crippen LogP contribution in [0.3, 0.4) is 0 Å². The first-order valence-corrected chi connectivity index (χ1v) is 8.43. The smallest absolute Gasteiger partial charge is 0.271 e. The van der Waals surface area contributed by atoms with Crippen molar-refractivity contribution in [1.82, 2.24) is 5.32 Å². The Morgan fingerprint density at radius 3 is 2.44 bits per heavy atom. The minimum absolute atomic E-state index is 0.0218. The molecule has 0 saturated carbocycles. The van der Waals surface area contributed by atoms with Gasteiger partial charge in [0.05, 0.1) is 24.3 Å². The van der Waals surface area contributed by atoms with E-state index in [2.05, 4.69) is 10.6 Å². The zero-order valence-electron chi connectivity index (χ0n) is 15.4. The molecule has 1 atom stereocenters. The van der Waals surface area contributed by atoms with Crippen LogP contribution in [0.2, 0.25) is 0 Å². The average Bonchev–Trinajstić information content (AvgIpc) is 2.63. The number of amides is 1. The molecule has 0 heterocycles. The van der Waals surface area contributed by atoms with E-state index in [-0.39, 0.29) is 41.6 Å². The lowest BCUT2D eigenvalue weighted by atomic mass is 9.96. The van der Waals surface area contributed by atoms with Crippen LogP contribution in [-0.2, 0) is 4.79 Å². The van der Waals surface area contributed by atoms with Crippen LogP contribution in [0.15, 0.2) is 42.5 Å². The summed E-state index contributed by atoms with van der Waals surface area (Å²) in [5.41, 5.74) is 0.943. The van der Waals surface area contributed by atoms with Crippen molar-refractivity contribution in [2.24, 2.45) is 5.92 Å². The van der Waals surface area contributed by atoms with Crippen LogP contribution in [0.5, 0.6) is 5.75 Å². The van der Waals surface area contributed by atoms with Crippen LogP contribution >= 0.6 is 0 Å². The first kappa shape index (κ1) is 20.3. The third kappa shape index (κ3) is 5.49. The number of anilines is 1. The third-order valence-corrected chi connectivity index (χ3v) is 4.05. The van der Waals surface area contributed by atoms with Crippen molar-refractivity contribution in [2.75, 3.05) is 19.0 Å². The molecule has 0 aromatic heterocycles. The van der Waals surface area contributed by atoms with Gasteiger partial charge in [0, 0.05) is 18.2 Å². The summed E-state index contributed by atoms with van der Waals surface area (Å²) in [6, 6.07) is 9.93. The SMILES string of the molecule is COc1ccc([N+](=O)[O-])cc1NC(=O)CN[C@H](c1ccc(F)cc1)C(C)C. The van der Waals surface area contributed by atoms with Crippen LogP contribution < -0.4 is 15.4 Å². The molecule has 2 aromatic rings. The number of hydrogen-bond donors (Lipinski definition) is 2. The summed E-state index contributed by atoms with van der Waals surface area (Å²) >= 11 is 0. The second kappa shape index (κ2) is 9.09. The molecule has 0 aliphatic rings. The van der Waals surface area contributed by atoms with Gasteiger partial charge in [-0.15, -0.1) is 0 Å². The maximum atomic E-state index is 13.1. The average molecular weight is 375 g/mol. The number of nitrogens with zero attached hydrogens (tertiary/aromatic N) is 1. The van der Waals surface area contributed by atoms with E-state index in [4.69, 9.17) is 4.74 Å². The minimum Gasteiger partial charge on any atom is -0.495 e. The van der Waals surface area contributed by atoms with Crippen molar-refractivity contribution in [2.45, 2.75) is 19.9 Å². The van der Waals surface area contributed by atoms with Gasteiger partial charge in [-0.1, -0.05) is 26.0 Å². The Morgan fingerprint density at radius 2 is 1.89 bits per heavy atom. The molecule has 27 heavy (non-hydrogen) atoms. The number of nitro groups is 1. The highest BCUT2D eigenvalue weighted by Crippen LogP contribution is 2.29. The minimum atomic E-state index is -0.545. The summed E-state index contributed by atoms with van der Waals surface area (Å²) in [7, 11) is 1.42. The summed E-state index contributed by atoms with van der Waals surface area (Å²) in [6.07, 6.45) is 0. The Kier molecular flexibility index (Phi) is 6.84. The lowest BCUT2D eigenvalue weighted by Crippen LogP contribution is -2.33. The molecule has 0 aliphatic heterocycles. The first-order valence-electron chi connectivity index (χ1n) is 8.43. The van der Waals surface area contributed by atoms with Crippen molar-refractivity contribution in [3.8, 4) is 5.75 Å². The fourth-order valence-corrected chi connectivity index (χ4v) is 2.71. The quantitative estimate of drug-likeness (QED) is 0.542. The Balaban J connectivity index is 2.07. The molecular formula is C19H22FN3O4. The molecular weight excluding hydrogens is 353 g/mol. The second-order valence-corrected chi connectivity index (χ2v) is 6.34. The summed E-state index contributed by atoms with van der Waals surface area (Å²) in [6.45, 7) is 3.96. The number of non-ortho nitro benzene ring substituents is 1. The molecule has 1 amide bonds. The van der Waals surface area contributed by atoms with Gasteiger partial charge in [0.2, 0.25) is 5.91 Å². The maximum absolute atomic E-state index is 13.1. The summed E-state index contributed by atoms with van der Waals surface area (Å²) in [5, 5.41) is 16.7. The lowest BCUT2D eigenvalue weighted by molar-refractivity contribution is -0.384. The predicted molar refractivity (Wildman–Crippen MR) is 100 cm³/mol. The molecule has 2 N–H and O–H groups in total. The van der Waals surface area contributed by atoms with Gasteiger partial charge in [-0.3, -0.25) is 14.9 Å². The van der Waals surface area contributed by atoms with Crippen LogP contribution in [0.25, 0.3) is 0 Å². The number of carbonyl (C=O) groups is 1. The summed E-state index contributed by atoms with van der Waals surface area (Å²) in [5.74, 6) is -0.207. The number of nitro benzene ring substituents is 1. The standard InChI is InChI=1S/C19H22FN3O4/c1-12(2)19(13-4-6-14(20)7-5-13)21-11-18(24)22-16-10-15(23(25)26)8-9-17(16)27-3/h4-10,12,19,21H,11H2,1-3H3,(H,22,24)/t19-/m0/s1. The van der Waals surface area contributed by atoms with Gasteiger partial charge < -0.3 is 15.4 Å². The van der Waals surface area contributed by atoms with Gasteiger partial charge in [-0.05, 0) is 29.7 Å². The van der Waals surface area contributed by atoms with Crippen LogP contribution in [0.1, 0.15) is 25.5 Å². The monoisotopic (exact) mass is 375 g/mol. The van der Waals surface area contributed by atoms with Gasteiger partial charge in [0.1, 0.15) is 11.6 Å². The molecule has 0 aliphatic carbocycles. The summed E-state index contributed by atoms with van der Waals surface area (Å²) in [4.78, 5) is 22.7. The molecule has 0 spiro atoms. The number of methoxy groups -OCH3 is 1. The van der Waals surface area contributed by atoms with Crippen LogP contribution in [0.4, 0.5) is 15.8 Å². The predicted octanol–water partition coefficient (Wildman–Crippen LogP) is 3.67. The highest BCUT2D eigenvalue weighted by molar-refractivity contribution is 5.94. The Hall–Kier alpha value is -3.00. The van der Waals surface area contributed by atoms with E-state index in [1.165, 1.54) is 37.4 Å².